The van der Waals surface area contributed by atoms with Crippen molar-refractivity contribution in [3.8, 4) is 0 Å². The van der Waals surface area contributed by atoms with Gasteiger partial charge in [-0.05, 0) is 26.3 Å². The van der Waals surface area contributed by atoms with Crippen LogP contribution < -0.4 is 0 Å². The Bertz CT molecular complexity index is 418. The van der Waals surface area contributed by atoms with Crippen molar-refractivity contribution in [3.05, 3.63) is 35.9 Å². The van der Waals surface area contributed by atoms with Gasteiger partial charge >= 0.3 is 11.9 Å². The minimum absolute atomic E-state index is 0.0434. The molecule has 4 nitrogen and oxygen atoms in total. The van der Waals surface area contributed by atoms with Gasteiger partial charge in [0, 0.05) is 0 Å². The Morgan fingerprint density at radius 3 is 2.16 bits per heavy atom. The molecule has 0 aliphatic rings. The van der Waals surface area contributed by atoms with E-state index < -0.39 is 11.6 Å². The standard InChI is InChI=1S/C15H20O4/c1-15(2,3)19-14(17)10-9-13(16)18-11-12-7-5-4-6-8-12/h4-8H,9-11H2,1-3H3. The third-order valence-corrected chi connectivity index (χ3v) is 2.20. The number of hydrogen-bond donors (Lipinski definition) is 0. The normalized spacial score (nSPS) is 10.9. The van der Waals surface area contributed by atoms with Crippen LogP contribution in [0, 0.1) is 0 Å². The van der Waals surface area contributed by atoms with Crippen LogP contribution in [0.4, 0.5) is 0 Å². The molecular formula is C15H20O4. The van der Waals surface area contributed by atoms with Crippen LogP contribution in [0.25, 0.3) is 0 Å². The maximum absolute atomic E-state index is 11.5. The summed E-state index contributed by atoms with van der Waals surface area (Å²) in [6.07, 6.45) is 0.0899. The summed E-state index contributed by atoms with van der Waals surface area (Å²) < 4.78 is 10.2. The molecule has 0 radical (unpaired) electrons. The second kappa shape index (κ2) is 6.92. The molecule has 0 saturated heterocycles. The van der Waals surface area contributed by atoms with E-state index in [9.17, 15) is 9.59 Å². The predicted octanol–water partition coefficient (Wildman–Crippen LogP) is 2.85. The number of benzene rings is 1. The minimum atomic E-state index is -0.523. The zero-order chi connectivity index (χ0) is 14.3. The van der Waals surface area contributed by atoms with E-state index in [2.05, 4.69) is 0 Å². The topological polar surface area (TPSA) is 52.6 Å². The Labute approximate surface area is 113 Å². The SMILES string of the molecule is CC(C)(C)OC(=O)CCC(=O)OCc1ccccc1. The first-order valence-electron chi connectivity index (χ1n) is 6.28. The summed E-state index contributed by atoms with van der Waals surface area (Å²) in [5.74, 6) is -0.779. The fraction of sp³-hybridized carbons (Fsp3) is 0.467. The maximum Gasteiger partial charge on any atom is 0.306 e. The Kier molecular flexibility index (Phi) is 5.55. The van der Waals surface area contributed by atoms with Gasteiger partial charge in [-0.3, -0.25) is 9.59 Å². The molecule has 0 amide bonds. The molecule has 0 saturated carbocycles. The first-order valence-corrected chi connectivity index (χ1v) is 6.28. The third-order valence-electron chi connectivity index (χ3n) is 2.20. The van der Waals surface area contributed by atoms with Crippen molar-refractivity contribution in [2.24, 2.45) is 0 Å². The minimum Gasteiger partial charge on any atom is -0.461 e. The lowest BCUT2D eigenvalue weighted by Gasteiger charge is -2.19. The third kappa shape index (κ3) is 7.24. The van der Waals surface area contributed by atoms with E-state index in [-0.39, 0.29) is 25.4 Å². The molecule has 0 unspecified atom stereocenters. The van der Waals surface area contributed by atoms with E-state index in [0.717, 1.165) is 5.56 Å². The Morgan fingerprint density at radius 2 is 1.58 bits per heavy atom. The molecule has 0 heterocycles. The van der Waals surface area contributed by atoms with Crippen LogP contribution >= 0.6 is 0 Å². The van der Waals surface area contributed by atoms with Crippen LogP contribution in [-0.2, 0) is 25.7 Å². The summed E-state index contributed by atoms with van der Waals surface area (Å²) in [7, 11) is 0. The van der Waals surface area contributed by atoms with E-state index in [1.54, 1.807) is 20.8 Å². The molecule has 0 aliphatic carbocycles. The van der Waals surface area contributed by atoms with Crippen molar-refractivity contribution in [1.82, 2.24) is 0 Å². The van der Waals surface area contributed by atoms with Crippen LogP contribution in [0.3, 0.4) is 0 Å². The van der Waals surface area contributed by atoms with Gasteiger partial charge in [0.2, 0.25) is 0 Å². The molecule has 0 N–H and O–H groups in total. The van der Waals surface area contributed by atoms with Gasteiger partial charge in [-0.1, -0.05) is 30.3 Å². The monoisotopic (exact) mass is 264 g/mol. The summed E-state index contributed by atoms with van der Waals surface area (Å²) in [4.78, 5) is 22.9. The summed E-state index contributed by atoms with van der Waals surface area (Å²) in [5, 5.41) is 0. The largest absolute Gasteiger partial charge is 0.461 e. The number of carbonyl (C=O) groups excluding carboxylic acids is 2. The molecule has 0 aliphatic heterocycles. The maximum atomic E-state index is 11.5. The molecule has 4 heteroatoms. The van der Waals surface area contributed by atoms with Crippen molar-refractivity contribution in [2.45, 2.75) is 45.8 Å². The summed E-state index contributed by atoms with van der Waals surface area (Å²) in [6, 6.07) is 9.41. The van der Waals surface area contributed by atoms with Crippen LogP contribution in [0.15, 0.2) is 30.3 Å². The van der Waals surface area contributed by atoms with E-state index >= 15 is 0 Å². The zero-order valence-electron chi connectivity index (χ0n) is 11.6. The van der Waals surface area contributed by atoms with Crippen LogP contribution in [0.5, 0.6) is 0 Å². The second-order valence-electron chi connectivity index (χ2n) is 5.23. The average Bonchev–Trinajstić information content (AvgIpc) is 2.33. The van der Waals surface area contributed by atoms with Gasteiger partial charge in [-0.25, -0.2) is 0 Å². The quantitative estimate of drug-likeness (QED) is 0.767. The molecule has 19 heavy (non-hydrogen) atoms. The first-order chi connectivity index (χ1) is 8.87. The van der Waals surface area contributed by atoms with Crippen molar-refractivity contribution in [2.75, 3.05) is 0 Å². The van der Waals surface area contributed by atoms with Gasteiger partial charge in [0.15, 0.2) is 0 Å². The van der Waals surface area contributed by atoms with Crippen molar-refractivity contribution >= 4 is 11.9 Å². The van der Waals surface area contributed by atoms with Gasteiger partial charge in [0.05, 0.1) is 12.8 Å². The number of ether oxygens (including phenoxy) is 2. The fourth-order valence-corrected chi connectivity index (χ4v) is 1.41. The van der Waals surface area contributed by atoms with Gasteiger partial charge < -0.3 is 9.47 Å². The van der Waals surface area contributed by atoms with Gasteiger partial charge in [0.1, 0.15) is 12.2 Å². The predicted molar refractivity (Wildman–Crippen MR) is 71.3 cm³/mol. The van der Waals surface area contributed by atoms with Gasteiger partial charge in [0.25, 0.3) is 0 Å². The van der Waals surface area contributed by atoms with Crippen LogP contribution in [0.1, 0.15) is 39.2 Å². The van der Waals surface area contributed by atoms with Crippen molar-refractivity contribution < 1.29 is 19.1 Å². The lowest BCUT2D eigenvalue weighted by Crippen LogP contribution is -2.24. The Hall–Kier alpha value is -1.84. The summed E-state index contributed by atoms with van der Waals surface area (Å²) in [5.41, 5.74) is 0.401. The fourth-order valence-electron chi connectivity index (χ4n) is 1.41. The Morgan fingerprint density at radius 1 is 1.00 bits per heavy atom. The van der Waals surface area contributed by atoms with Crippen molar-refractivity contribution in [1.29, 1.82) is 0 Å². The second-order valence-corrected chi connectivity index (χ2v) is 5.23. The molecule has 1 aromatic carbocycles. The number of rotatable bonds is 5. The van der Waals surface area contributed by atoms with E-state index in [4.69, 9.17) is 9.47 Å². The summed E-state index contributed by atoms with van der Waals surface area (Å²) in [6.45, 7) is 5.60. The highest BCUT2D eigenvalue weighted by atomic mass is 16.6. The van der Waals surface area contributed by atoms with Crippen LogP contribution in [-0.4, -0.2) is 17.5 Å². The molecule has 0 fully saturated rings. The average molecular weight is 264 g/mol. The molecule has 1 rings (SSSR count). The smallest absolute Gasteiger partial charge is 0.306 e. The molecule has 0 atom stereocenters. The molecule has 0 aromatic heterocycles. The molecule has 0 bridgehead atoms. The highest BCUT2D eigenvalue weighted by Gasteiger charge is 2.17. The first kappa shape index (κ1) is 15.2. The van der Waals surface area contributed by atoms with Gasteiger partial charge in [-0.15, -0.1) is 0 Å². The molecule has 0 spiro atoms. The van der Waals surface area contributed by atoms with E-state index in [0.29, 0.717) is 0 Å². The molecular weight excluding hydrogens is 244 g/mol. The van der Waals surface area contributed by atoms with E-state index in [1.165, 1.54) is 0 Å². The molecule has 104 valence electrons. The van der Waals surface area contributed by atoms with Crippen molar-refractivity contribution in [3.63, 3.8) is 0 Å². The Balaban J connectivity index is 2.23. The highest BCUT2D eigenvalue weighted by molar-refractivity contribution is 5.77. The highest BCUT2D eigenvalue weighted by Crippen LogP contribution is 2.09. The van der Waals surface area contributed by atoms with E-state index in [1.807, 2.05) is 30.3 Å². The number of carbonyl (C=O) groups is 2. The lowest BCUT2D eigenvalue weighted by molar-refractivity contribution is -0.158. The zero-order valence-corrected chi connectivity index (χ0v) is 11.6. The molecule has 1 aromatic rings. The summed E-state index contributed by atoms with van der Waals surface area (Å²) >= 11 is 0. The van der Waals surface area contributed by atoms with Gasteiger partial charge in [-0.2, -0.15) is 0 Å². The lowest BCUT2D eigenvalue weighted by atomic mass is 10.2. The number of hydrogen-bond acceptors (Lipinski definition) is 4. The number of esters is 2. The van der Waals surface area contributed by atoms with Crippen LogP contribution in [0.2, 0.25) is 0 Å².